The molecule has 352 valence electrons. The van der Waals surface area contributed by atoms with E-state index in [1.807, 2.05) is 0 Å². The molecule has 23 nitrogen and oxygen atoms in total. The molecule has 1 rings (SSSR count). The summed E-state index contributed by atoms with van der Waals surface area (Å²) in [6.07, 6.45) is -1.41. The van der Waals surface area contributed by atoms with Gasteiger partial charge in [-0.15, -0.1) is 0 Å². The van der Waals surface area contributed by atoms with Crippen molar-refractivity contribution in [3.05, 3.63) is 0 Å². The van der Waals surface area contributed by atoms with Gasteiger partial charge in [0.05, 0.1) is 31.2 Å². The highest BCUT2D eigenvalue weighted by Gasteiger charge is 2.41. The Morgan fingerprint density at radius 1 is 0.742 bits per heavy atom. The average Bonchev–Trinajstić information content (AvgIpc) is 3.69. The number of aliphatic hydroxyl groups excluding tert-OH is 2. The maximum Gasteiger partial charge on any atom is 0.327 e. The summed E-state index contributed by atoms with van der Waals surface area (Å²) in [6.45, 7) is 5.19. The predicted molar refractivity (Wildman–Crippen MR) is 232 cm³/mol. The van der Waals surface area contributed by atoms with E-state index >= 15 is 0 Å². The van der Waals surface area contributed by atoms with Crippen LogP contribution in [0.25, 0.3) is 0 Å². The van der Waals surface area contributed by atoms with E-state index in [0.29, 0.717) is 5.75 Å². The van der Waals surface area contributed by atoms with Crippen molar-refractivity contribution in [1.82, 2.24) is 42.1 Å². The molecule has 1 fully saturated rings. The van der Waals surface area contributed by atoms with E-state index in [0.717, 1.165) is 4.90 Å². The number of carboxylic acid groups (broad SMARTS) is 1. The summed E-state index contributed by atoms with van der Waals surface area (Å²) in [6, 6.07) is -11.0. The number of rotatable bonds is 27. The van der Waals surface area contributed by atoms with Crippen molar-refractivity contribution >= 4 is 96.2 Å². The monoisotopic (exact) mass is 938 g/mol. The van der Waals surface area contributed by atoms with Gasteiger partial charge in [-0.25, -0.2) is 4.79 Å². The maximum absolute atomic E-state index is 13.7. The second-order valence-corrected chi connectivity index (χ2v) is 16.8. The molecule has 0 aliphatic carbocycles. The van der Waals surface area contributed by atoms with Crippen LogP contribution in [0.1, 0.15) is 59.8 Å². The summed E-state index contributed by atoms with van der Waals surface area (Å²) in [5.41, 5.74) is 11.0. The van der Waals surface area contributed by atoms with Crippen LogP contribution in [0.4, 0.5) is 0 Å². The van der Waals surface area contributed by atoms with Crippen LogP contribution in [0.3, 0.4) is 0 Å². The van der Waals surface area contributed by atoms with Gasteiger partial charge in [0.2, 0.25) is 53.2 Å². The Balaban J connectivity index is 3.10. The smallest absolute Gasteiger partial charge is 0.327 e. The van der Waals surface area contributed by atoms with Crippen molar-refractivity contribution in [1.29, 1.82) is 0 Å². The molecule has 1 aliphatic rings. The number of aliphatic hydroxyl groups is 2. The fraction of sp³-hybridized carbons (Fsp3) is 0.722. The van der Waals surface area contributed by atoms with Gasteiger partial charge in [-0.2, -0.15) is 37.0 Å². The fourth-order valence-corrected chi connectivity index (χ4v) is 6.91. The number of carbonyl (C=O) groups excluding carboxylic acids is 9. The van der Waals surface area contributed by atoms with Gasteiger partial charge in [-0.05, 0) is 57.5 Å². The molecule has 62 heavy (non-hydrogen) atoms. The number of likely N-dealkylation sites (tertiary alicyclic amines) is 1. The lowest BCUT2D eigenvalue weighted by Gasteiger charge is -2.31. The molecule has 0 aromatic carbocycles. The molecule has 0 unspecified atom stereocenters. The zero-order valence-electron chi connectivity index (χ0n) is 35.3. The molecule has 10 atom stereocenters. The van der Waals surface area contributed by atoms with Gasteiger partial charge in [0.1, 0.15) is 42.3 Å². The Bertz CT molecular complexity index is 1610. The van der Waals surface area contributed by atoms with Crippen molar-refractivity contribution in [2.24, 2.45) is 17.4 Å². The summed E-state index contributed by atoms with van der Waals surface area (Å²) in [4.78, 5) is 130. The lowest BCUT2D eigenvalue weighted by atomic mass is 10.0. The van der Waals surface area contributed by atoms with Crippen LogP contribution in [0, 0.1) is 5.92 Å². The molecule has 1 saturated heterocycles. The van der Waals surface area contributed by atoms with Crippen molar-refractivity contribution in [3.63, 3.8) is 0 Å². The number of carbonyl (C=O) groups is 10. The first-order valence-corrected chi connectivity index (χ1v) is 22.4. The number of amides is 9. The third-order valence-corrected chi connectivity index (χ3v) is 10.7. The molecule has 14 N–H and O–H groups in total. The van der Waals surface area contributed by atoms with Crippen LogP contribution >= 0.6 is 37.0 Å². The lowest BCUT2D eigenvalue weighted by molar-refractivity contribution is -0.144. The first kappa shape index (κ1) is 55.6. The van der Waals surface area contributed by atoms with Crippen LogP contribution in [-0.4, -0.2) is 176 Å². The normalized spacial score (nSPS) is 18.0. The number of nitrogens with one attached hydrogen (secondary N) is 7. The SMILES string of the molecule is CSCC[C@H](NC(=O)CNC(=O)[C@@H](NC(=O)[C@@H]1CCCN1C(=O)[C@H](CC(N)=O)NC(=O)[C@@H](NC(=O)[C@@H](N)CS)[C@@H](C)O)[C@@H](C)O)C(=O)N[C@@H](CC(C)C)C(=O)N[C@@H](CS)C(=O)O. The molecule has 9 amide bonds. The molecule has 1 aliphatic heterocycles. The van der Waals surface area contributed by atoms with E-state index in [9.17, 15) is 63.3 Å². The standard InChI is InChI=1S/C36H62N10O13S3/c1-16(2)11-21(31(53)43-23(15-61)36(58)59)41-30(52)20(8-10-62-5)40-26(50)13-39-33(55)27(17(3)47)45-32(54)24-7-6-9-46(24)35(57)22(12-25(38)49)42-34(56)28(18(4)48)44-29(51)19(37)14-60/h16-24,27-28,47-48,60-61H,6-15,37H2,1-5H3,(H2,38,49)(H,39,55)(H,40,50)(H,41,52)(H,42,56)(H,43,53)(H,44,51)(H,45,54)(H,58,59)/t17-,18-,19+,20+,21+,22+,23+,24+,27+,28+/m1/s1. The minimum Gasteiger partial charge on any atom is -0.480 e. The summed E-state index contributed by atoms with van der Waals surface area (Å²) in [7, 11) is 0. The van der Waals surface area contributed by atoms with Crippen LogP contribution in [0.5, 0.6) is 0 Å². The Morgan fingerprint density at radius 2 is 1.31 bits per heavy atom. The lowest BCUT2D eigenvalue weighted by Crippen LogP contribution is -2.61. The first-order chi connectivity index (χ1) is 29.0. The number of primary amides is 1. The number of thioether (sulfide) groups is 1. The molecular weight excluding hydrogens is 877 g/mol. The second-order valence-electron chi connectivity index (χ2n) is 15.1. The van der Waals surface area contributed by atoms with Crippen molar-refractivity contribution in [2.45, 2.75) is 120 Å². The van der Waals surface area contributed by atoms with Gasteiger partial charge in [-0.1, -0.05) is 13.8 Å². The third-order valence-electron chi connectivity index (χ3n) is 9.34. The van der Waals surface area contributed by atoms with E-state index in [-0.39, 0.29) is 49.7 Å². The van der Waals surface area contributed by atoms with Crippen molar-refractivity contribution in [3.8, 4) is 0 Å². The van der Waals surface area contributed by atoms with Crippen molar-refractivity contribution in [2.75, 3.05) is 36.6 Å². The Hall–Kier alpha value is -4.37. The molecule has 0 bridgehead atoms. The predicted octanol–water partition coefficient (Wildman–Crippen LogP) is -5.29. The topological polar surface area (TPSA) is 371 Å². The van der Waals surface area contributed by atoms with Gasteiger partial charge in [0.15, 0.2) is 0 Å². The number of aliphatic carboxylic acids is 1. The number of nitrogens with two attached hydrogens (primary N) is 2. The summed E-state index contributed by atoms with van der Waals surface area (Å²) in [5.74, 6) is -9.43. The first-order valence-electron chi connectivity index (χ1n) is 19.7. The minimum atomic E-state index is -1.66. The van der Waals surface area contributed by atoms with Crippen LogP contribution in [0.15, 0.2) is 0 Å². The molecule has 26 heteroatoms. The van der Waals surface area contributed by atoms with E-state index in [1.54, 1.807) is 20.1 Å². The Kier molecular flexibility index (Phi) is 24.8. The minimum absolute atomic E-state index is 0.0339. The van der Waals surface area contributed by atoms with Crippen LogP contribution < -0.4 is 48.7 Å². The van der Waals surface area contributed by atoms with Gasteiger partial charge < -0.3 is 68.9 Å². The fourth-order valence-electron chi connectivity index (χ4n) is 6.03. The number of hydrogen-bond donors (Lipinski definition) is 14. The van der Waals surface area contributed by atoms with Crippen molar-refractivity contribution < 1.29 is 63.3 Å². The number of carboxylic acids is 1. The van der Waals surface area contributed by atoms with Crippen LogP contribution in [0.2, 0.25) is 0 Å². The van der Waals surface area contributed by atoms with Gasteiger partial charge in [0.25, 0.3) is 0 Å². The van der Waals surface area contributed by atoms with E-state index in [1.165, 1.54) is 25.6 Å². The molecule has 1 heterocycles. The Labute approximate surface area is 374 Å². The third kappa shape index (κ3) is 18.5. The summed E-state index contributed by atoms with van der Waals surface area (Å²) >= 11 is 9.23. The highest BCUT2D eigenvalue weighted by atomic mass is 32.2. The summed E-state index contributed by atoms with van der Waals surface area (Å²) < 4.78 is 0. The van der Waals surface area contributed by atoms with Gasteiger partial charge in [0, 0.05) is 18.1 Å². The zero-order valence-corrected chi connectivity index (χ0v) is 37.9. The average molecular weight is 939 g/mol. The number of nitrogens with zero attached hydrogens (tertiary/aromatic N) is 1. The largest absolute Gasteiger partial charge is 0.480 e. The van der Waals surface area contributed by atoms with E-state index in [2.05, 4.69) is 62.5 Å². The molecule has 0 spiro atoms. The maximum atomic E-state index is 13.7. The van der Waals surface area contributed by atoms with E-state index < -0.39 is 133 Å². The molecule has 0 aromatic rings. The molecular formula is C36H62N10O13S3. The van der Waals surface area contributed by atoms with Gasteiger partial charge >= 0.3 is 5.97 Å². The highest BCUT2D eigenvalue weighted by molar-refractivity contribution is 7.98. The second kappa shape index (κ2) is 27.6. The highest BCUT2D eigenvalue weighted by Crippen LogP contribution is 2.20. The number of hydrogen-bond acceptors (Lipinski definition) is 16. The number of thiol groups is 2. The molecule has 0 radical (unpaired) electrons. The van der Waals surface area contributed by atoms with E-state index in [4.69, 9.17) is 11.5 Å². The molecule has 0 aromatic heterocycles. The Morgan fingerprint density at radius 3 is 1.82 bits per heavy atom. The summed E-state index contributed by atoms with van der Waals surface area (Å²) in [5, 5.41) is 46.6. The molecule has 0 saturated carbocycles. The quantitative estimate of drug-likeness (QED) is 0.0342. The zero-order chi connectivity index (χ0) is 47.4. The van der Waals surface area contributed by atoms with Crippen LogP contribution in [-0.2, 0) is 47.9 Å². The van der Waals surface area contributed by atoms with Gasteiger partial charge in [-0.3, -0.25) is 43.2 Å².